The Bertz CT molecular complexity index is 926. The van der Waals surface area contributed by atoms with Gasteiger partial charge in [-0.2, -0.15) is 0 Å². The van der Waals surface area contributed by atoms with E-state index in [1.807, 2.05) is 0 Å². The quantitative estimate of drug-likeness (QED) is 0.810. The third-order valence-corrected chi connectivity index (χ3v) is 5.83. The molecule has 3 amide bonds. The summed E-state index contributed by atoms with van der Waals surface area (Å²) >= 11 is 13.2. The molecule has 0 aliphatic carbocycles. The molecule has 0 saturated heterocycles. The van der Waals surface area contributed by atoms with Gasteiger partial charge >= 0.3 is 0 Å². The maximum atomic E-state index is 12.6. The van der Waals surface area contributed by atoms with Gasteiger partial charge < -0.3 is 16.0 Å². The largest absolute Gasteiger partial charge is 0.365 e. The first kappa shape index (κ1) is 18.7. The number of benzene rings is 1. The summed E-state index contributed by atoms with van der Waals surface area (Å²) < 4.78 is 0. The summed E-state index contributed by atoms with van der Waals surface area (Å²) in [6, 6.07) is 4.54. The molecule has 26 heavy (non-hydrogen) atoms. The van der Waals surface area contributed by atoms with Crippen LogP contribution < -0.4 is 11.1 Å². The van der Waals surface area contributed by atoms with Crippen molar-refractivity contribution in [1.82, 2.24) is 4.90 Å². The summed E-state index contributed by atoms with van der Waals surface area (Å²) in [5.74, 6) is -1.12. The average Bonchev–Trinajstić information content (AvgIpc) is 2.91. The van der Waals surface area contributed by atoms with Gasteiger partial charge in [0.15, 0.2) is 0 Å². The number of hydrogen-bond acceptors (Lipinski definition) is 4. The molecule has 0 fully saturated rings. The first-order valence-corrected chi connectivity index (χ1v) is 9.31. The molecule has 3 N–H and O–H groups in total. The van der Waals surface area contributed by atoms with E-state index in [0.717, 1.165) is 10.4 Å². The Hall–Kier alpha value is -2.09. The Morgan fingerprint density at radius 3 is 2.62 bits per heavy atom. The molecule has 0 radical (unpaired) electrons. The lowest BCUT2D eigenvalue weighted by Crippen LogP contribution is -2.34. The van der Waals surface area contributed by atoms with Gasteiger partial charge in [0.05, 0.1) is 22.7 Å². The second-order valence-corrected chi connectivity index (χ2v) is 7.79. The molecule has 6 nitrogen and oxygen atoms in total. The van der Waals surface area contributed by atoms with Crippen LogP contribution >= 0.6 is 34.5 Å². The Morgan fingerprint density at radius 2 is 2.00 bits per heavy atom. The van der Waals surface area contributed by atoms with Crippen LogP contribution in [0.1, 0.15) is 38.1 Å². The highest BCUT2D eigenvalue weighted by atomic mass is 35.5. The van der Waals surface area contributed by atoms with E-state index in [0.29, 0.717) is 35.1 Å². The maximum absolute atomic E-state index is 12.6. The maximum Gasteiger partial charge on any atom is 0.257 e. The van der Waals surface area contributed by atoms with Gasteiger partial charge in [-0.05, 0) is 30.2 Å². The van der Waals surface area contributed by atoms with Gasteiger partial charge in [-0.25, -0.2) is 0 Å². The van der Waals surface area contributed by atoms with E-state index in [9.17, 15) is 14.4 Å². The van der Waals surface area contributed by atoms with E-state index in [-0.39, 0.29) is 16.5 Å². The Kier molecular flexibility index (Phi) is 5.22. The molecule has 9 heteroatoms. The molecule has 1 aliphatic heterocycles. The third-order valence-electron chi connectivity index (χ3n) is 4.15. The summed E-state index contributed by atoms with van der Waals surface area (Å²) in [4.78, 5) is 38.6. The topological polar surface area (TPSA) is 92.5 Å². The van der Waals surface area contributed by atoms with Crippen molar-refractivity contribution in [2.75, 3.05) is 11.9 Å². The number of hydrogen-bond donors (Lipinski definition) is 2. The Balaban J connectivity index is 1.94. The van der Waals surface area contributed by atoms with Crippen molar-refractivity contribution in [1.29, 1.82) is 0 Å². The van der Waals surface area contributed by atoms with Crippen molar-refractivity contribution in [3.8, 4) is 0 Å². The first-order chi connectivity index (χ1) is 12.3. The van der Waals surface area contributed by atoms with Gasteiger partial charge in [0.1, 0.15) is 5.00 Å². The van der Waals surface area contributed by atoms with Gasteiger partial charge in [0.2, 0.25) is 5.91 Å². The lowest BCUT2D eigenvalue weighted by molar-refractivity contribution is -0.129. The monoisotopic (exact) mass is 411 g/mol. The fourth-order valence-corrected chi connectivity index (χ4v) is 4.62. The fourth-order valence-electron chi connectivity index (χ4n) is 2.87. The van der Waals surface area contributed by atoms with Crippen molar-refractivity contribution in [3.63, 3.8) is 0 Å². The number of carbonyl (C=O) groups excluding carboxylic acids is 3. The van der Waals surface area contributed by atoms with Crippen molar-refractivity contribution in [2.45, 2.75) is 19.9 Å². The van der Waals surface area contributed by atoms with Crippen molar-refractivity contribution < 1.29 is 14.4 Å². The van der Waals surface area contributed by atoms with Gasteiger partial charge in [-0.1, -0.05) is 23.2 Å². The minimum atomic E-state index is -0.615. The van der Waals surface area contributed by atoms with Crippen LogP contribution in [-0.4, -0.2) is 29.2 Å². The predicted octanol–water partition coefficient (Wildman–Crippen LogP) is 3.31. The zero-order chi connectivity index (χ0) is 19.0. The number of amides is 3. The molecule has 0 saturated carbocycles. The van der Waals surface area contributed by atoms with Gasteiger partial charge in [-0.15, -0.1) is 11.3 Å². The molecule has 1 aromatic heterocycles. The fraction of sp³-hybridized carbons (Fsp3) is 0.235. The molecule has 0 bridgehead atoms. The summed E-state index contributed by atoms with van der Waals surface area (Å²) in [7, 11) is 0. The first-order valence-electron chi connectivity index (χ1n) is 7.74. The number of anilines is 1. The van der Waals surface area contributed by atoms with Crippen molar-refractivity contribution in [2.24, 2.45) is 5.73 Å². The number of nitrogens with zero attached hydrogens (tertiary/aromatic N) is 1. The summed E-state index contributed by atoms with van der Waals surface area (Å²) in [5, 5.41) is 3.71. The highest BCUT2D eigenvalue weighted by Crippen LogP contribution is 2.37. The normalized spacial score (nSPS) is 13.3. The van der Waals surface area contributed by atoms with Crippen LogP contribution in [0.15, 0.2) is 18.2 Å². The standard InChI is InChI=1S/C17H15Cl2N3O3S/c1-8(23)22-5-4-11-13(7-22)26-17(14(11)15(20)24)21-16(25)10-3-2-9(18)6-12(10)19/h2-3,6H,4-5,7H2,1H3,(H2,20,24)(H,21,25). The number of nitrogens with one attached hydrogen (secondary N) is 1. The van der Waals surface area contributed by atoms with E-state index in [4.69, 9.17) is 28.9 Å². The van der Waals surface area contributed by atoms with Crippen LogP contribution in [0.3, 0.4) is 0 Å². The number of rotatable bonds is 3. The lowest BCUT2D eigenvalue weighted by Gasteiger charge is -2.25. The number of fused-ring (bicyclic) bond motifs is 1. The van der Waals surface area contributed by atoms with E-state index in [2.05, 4.69) is 5.32 Å². The van der Waals surface area contributed by atoms with Crippen LogP contribution in [0.25, 0.3) is 0 Å². The summed E-state index contributed by atoms with van der Waals surface area (Å²) in [5.41, 5.74) is 6.86. The molecule has 3 rings (SSSR count). The summed E-state index contributed by atoms with van der Waals surface area (Å²) in [6.45, 7) is 2.40. The average molecular weight is 412 g/mol. The smallest absolute Gasteiger partial charge is 0.257 e. The lowest BCUT2D eigenvalue weighted by atomic mass is 10.0. The molecule has 1 aromatic carbocycles. The summed E-state index contributed by atoms with van der Waals surface area (Å²) in [6.07, 6.45) is 0.515. The SMILES string of the molecule is CC(=O)N1CCc2c(sc(NC(=O)c3ccc(Cl)cc3Cl)c2C(N)=O)C1. The number of thiophene rings is 1. The highest BCUT2D eigenvalue weighted by molar-refractivity contribution is 7.17. The number of carbonyl (C=O) groups is 3. The van der Waals surface area contributed by atoms with E-state index >= 15 is 0 Å². The Labute approximate surface area is 163 Å². The van der Waals surface area contributed by atoms with Crippen LogP contribution in [0.2, 0.25) is 10.0 Å². The number of primary amides is 1. The minimum Gasteiger partial charge on any atom is -0.365 e. The molecule has 136 valence electrons. The third kappa shape index (κ3) is 3.56. The van der Waals surface area contributed by atoms with E-state index in [1.165, 1.54) is 30.4 Å². The molecule has 1 aliphatic rings. The van der Waals surface area contributed by atoms with Crippen molar-refractivity contribution in [3.05, 3.63) is 49.8 Å². The molecular formula is C17H15Cl2N3O3S. The molecule has 0 atom stereocenters. The minimum absolute atomic E-state index is 0.0387. The Morgan fingerprint density at radius 1 is 1.27 bits per heavy atom. The molecule has 2 heterocycles. The molecule has 0 spiro atoms. The van der Waals surface area contributed by atoms with Crippen LogP contribution in [0, 0.1) is 0 Å². The number of nitrogens with two attached hydrogens (primary N) is 1. The van der Waals surface area contributed by atoms with Gasteiger partial charge in [-0.3, -0.25) is 14.4 Å². The van der Waals surface area contributed by atoms with E-state index in [1.54, 1.807) is 11.0 Å². The van der Waals surface area contributed by atoms with Crippen molar-refractivity contribution >= 4 is 57.3 Å². The zero-order valence-corrected chi connectivity index (χ0v) is 16.1. The molecular weight excluding hydrogens is 397 g/mol. The molecule has 0 unspecified atom stereocenters. The molecule has 2 aromatic rings. The van der Waals surface area contributed by atoms with Crippen LogP contribution in [0.5, 0.6) is 0 Å². The highest BCUT2D eigenvalue weighted by Gasteiger charge is 2.28. The van der Waals surface area contributed by atoms with Crippen LogP contribution in [-0.2, 0) is 17.8 Å². The van der Waals surface area contributed by atoms with Gasteiger partial charge in [0.25, 0.3) is 11.8 Å². The second kappa shape index (κ2) is 7.26. The van der Waals surface area contributed by atoms with Gasteiger partial charge in [0, 0.05) is 23.4 Å². The van der Waals surface area contributed by atoms with Crippen LogP contribution in [0.4, 0.5) is 5.00 Å². The predicted molar refractivity (Wildman–Crippen MR) is 102 cm³/mol. The zero-order valence-electron chi connectivity index (χ0n) is 13.8. The van der Waals surface area contributed by atoms with E-state index < -0.39 is 11.8 Å². The second-order valence-electron chi connectivity index (χ2n) is 5.84. The number of halogens is 2.